The molecule has 2 aromatic heterocycles. The van der Waals surface area contributed by atoms with E-state index in [0.717, 1.165) is 63.5 Å². The second-order valence-corrected chi connectivity index (χ2v) is 19.8. The van der Waals surface area contributed by atoms with Gasteiger partial charge in [0, 0.05) is 64.8 Å². The summed E-state index contributed by atoms with van der Waals surface area (Å²) in [5, 5.41) is 43.8. The van der Waals surface area contributed by atoms with Gasteiger partial charge in [-0.1, -0.05) is 87.8 Å². The number of aromatic nitrogens is 4. The Hall–Kier alpha value is -5.60. The van der Waals surface area contributed by atoms with Crippen LogP contribution in [0.2, 0.25) is 0 Å². The molecule has 10 N–H and O–H groups in total. The van der Waals surface area contributed by atoms with E-state index in [-0.39, 0.29) is 113 Å². The van der Waals surface area contributed by atoms with E-state index in [2.05, 4.69) is 99.4 Å². The van der Waals surface area contributed by atoms with E-state index in [0.29, 0.717) is 47.1 Å². The number of thioether (sulfide) groups is 1. The molecule has 2 aromatic rings. The van der Waals surface area contributed by atoms with Crippen molar-refractivity contribution >= 4 is 72.0 Å². The molecule has 0 aliphatic heterocycles. The van der Waals surface area contributed by atoms with Gasteiger partial charge in [-0.25, -0.2) is 29.1 Å². The smallest absolute Gasteiger partial charge is 0.333 e. The summed E-state index contributed by atoms with van der Waals surface area (Å²) in [7, 11) is 0. The predicted molar refractivity (Wildman–Crippen MR) is 320 cm³/mol. The Kier molecular flexibility index (Phi) is 50.9. The SMILES string of the molecule is C.C=C(C)C(=O)OCCNC(=O)Nc1nc(C(CC)CCCC)cc(=O)[nH]1.C=C(C)C(=O)OCCO.CC(=O)C(C)CC(C)(CSCCO)C(=O)OCCO.CCCCC(CC)c1cc(=O)[nH]c(NC(=O)NCCC)n1.OCCS. The van der Waals surface area contributed by atoms with E-state index in [1.165, 1.54) is 30.8 Å². The number of urea groups is 2. The first kappa shape index (κ1) is 80.9. The molecular formula is C55H98N8O15S2. The fourth-order valence-electron chi connectivity index (χ4n) is 6.44. The van der Waals surface area contributed by atoms with Crippen LogP contribution in [0.3, 0.4) is 0 Å². The zero-order valence-corrected chi connectivity index (χ0v) is 50.1. The molecule has 23 nitrogen and oxygen atoms in total. The van der Waals surface area contributed by atoms with Gasteiger partial charge in [0.25, 0.3) is 11.1 Å². The number of nitrogens with one attached hydrogen (secondary N) is 6. The summed E-state index contributed by atoms with van der Waals surface area (Å²) in [4.78, 5) is 106. The lowest BCUT2D eigenvalue weighted by Gasteiger charge is -2.29. The third kappa shape index (κ3) is 40.6. The van der Waals surface area contributed by atoms with Crippen LogP contribution in [-0.4, -0.2) is 153 Å². The number of ketones is 1. The molecule has 0 fully saturated rings. The Morgan fingerprint density at radius 3 is 1.48 bits per heavy atom. The fourth-order valence-corrected chi connectivity index (χ4v) is 7.40. The van der Waals surface area contributed by atoms with E-state index in [1.807, 2.05) is 6.92 Å². The zero-order valence-electron chi connectivity index (χ0n) is 48.4. The molecule has 0 aliphatic carbocycles. The number of aliphatic hydroxyl groups excluding tert-OH is 4. The lowest BCUT2D eigenvalue weighted by molar-refractivity contribution is -0.155. The summed E-state index contributed by atoms with van der Waals surface area (Å²) in [5.74, 6) is 0.781. The van der Waals surface area contributed by atoms with Crippen molar-refractivity contribution in [3.63, 3.8) is 0 Å². The third-order valence-electron chi connectivity index (χ3n) is 10.8. The van der Waals surface area contributed by atoms with Crippen LogP contribution in [0.5, 0.6) is 0 Å². The number of hydrogen-bond donors (Lipinski definition) is 11. The van der Waals surface area contributed by atoms with Gasteiger partial charge >= 0.3 is 30.0 Å². The van der Waals surface area contributed by atoms with Gasteiger partial charge in [0.15, 0.2) is 0 Å². The van der Waals surface area contributed by atoms with Gasteiger partial charge in [0.1, 0.15) is 25.6 Å². The average Bonchev–Trinajstić information content (AvgIpc) is 3.40. The summed E-state index contributed by atoms with van der Waals surface area (Å²) >= 11 is 5.12. The highest BCUT2D eigenvalue weighted by molar-refractivity contribution is 7.99. The number of unbranched alkanes of at least 4 members (excludes halogenated alkanes) is 2. The molecule has 4 amide bonds. The minimum absolute atomic E-state index is 0. The second-order valence-electron chi connectivity index (χ2n) is 18.2. The predicted octanol–water partition coefficient (Wildman–Crippen LogP) is 7.19. The van der Waals surface area contributed by atoms with Crippen molar-refractivity contribution in [2.75, 3.05) is 87.2 Å². The monoisotopic (exact) mass is 1170 g/mol. The van der Waals surface area contributed by atoms with Crippen molar-refractivity contribution in [2.24, 2.45) is 11.3 Å². The fraction of sp³-hybridized carbons (Fsp3) is 0.673. The summed E-state index contributed by atoms with van der Waals surface area (Å²) in [6.07, 6.45) is 9.36. The molecule has 0 spiro atoms. The third-order valence-corrected chi connectivity index (χ3v) is 12.3. The number of aromatic amines is 2. The summed E-state index contributed by atoms with van der Waals surface area (Å²) in [6.45, 7) is 26.0. The molecule has 0 bridgehead atoms. The zero-order chi connectivity index (χ0) is 60.8. The van der Waals surface area contributed by atoms with E-state index in [4.69, 9.17) is 29.9 Å². The molecule has 460 valence electrons. The van der Waals surface area contributed by atoms with Gasteiger partial charge in [-0.15, -0.1) is 0 Å². The number of ether oxygens (including phenoxy) is 3. The molecule has 0 radical (unpaired) electrons. The number of esters is 3. The Morgan fingerprint density at radius 2 is 1.11 bits per heavy atom. The first-order chi connectivity index (χ1) is 37.4. The van der Waals surface area contributed by atoms with Crippen LogP contribution < -0.4 is 32.4 Å². The maximum absolute atomic E-state index is 12.1. The molecule has 0 saturated carbocycles. The number of carbonyl (C=O) groups excluding carboxylic acids is 6. The van der Waals surface area contributed by atoms with E-state index >= 15 is 0 Å². The van der Waals surface area contributed by atoms with Gasteiger partial charge in [-0.3, -0.25) is 39.8 Å². The number of anilines is 2. The van der Waals surface area contributed by atoms with Crippen LogP contribution in [-0.2, 0) is 33.4 Å². The van der Waals surface area contributed by atoms with Crippen molar-refractivity contribution in [1.29, 1.82) is 0 Å². The van der Waals surface area contributed by atoms with Gasteiger partial charge < -0.3 is 45.3 Å². The van der Waals surface area contributed by atoms with E-state index < -0.39 is 29.4 Å². The number of aliphatic hydroxyl groups is 4. The number of thiol groups is 1. The van der Waals surface area contributed by atoms with Gasteiger partial charge in [0.2, 0.25) is 11.9 Å². The highest BCUT2D eigenvalue weighted by atomic mass is 32.2. The van der Waals surface area contributed by atoms with E-state index in [9.17, 15) is 38.4 Å². The number of H-pyrrole nitrogens is 2. The highest BCUT2D eigenvalue weighted by Gasteiger charge is 2.37. The number of nitrogens with zero attached hydrogens (tertiary/aromatic N) is 2. The summed E-state index contributed by atoms with van der Waals surface area (Å²) < 4.78 is 14.3. The molecule has 2 heterocycles. The molecule has 0 saturated heterocycles. The molecule has 0 aromatic carbocycles. The minimum Gasteiger partial charge on any atom is -0.463 e. The van der Waals surface area contributed by atoms with Crippen molar-refractivity contribution < 1.29 is 63.4 Å². The second kappa shape index (κ2) is 50.4. The van der Waals surface area contributed by atoms with Crippen LogP contribution in [0.25, 0.3) is 0 Å². The number of carbonyl (C=O) groups is 6. The van der Waals surface area contributed by atoms with Crippen LogP contribution in [0.15, 0.2) is 46.0 Å². The van der Waals surface area contributed by atoms with Gasteiger partial charge in [0.05, 0.1) is 49.8 Å². The van der Waals surface area contributed by atoms with Gasteiger partial charge in [-0.05, 0) is 66.2 Å². The molecular weight excluding hydrogens is 1080 g/mol. The average molecular weight is 1180 g/mol. The topological polar surface area (TPSA) is 351 Å². The Morgan fingerprint density at radius 1 is 0.688 bits per heavy atom. The molecule has 4 unspecified atom stereocenters. The standard InChI is InChI=1S/C18H28N4O4.C15H26N4O2.C13H24O5S.C6H10O3.C2H6OS.CH4/c1-5-7-8-13(6-2)14-11-15(23)21-17(20-14)22-18(25)19-9-10-26-16(24)12(3)4;1-4-7-8-11(6-3)12-10-13(20)18-14(17-12)19-15(21)16-9-5-2;1-10(11(2)16)8-13(3,9-19-7-5-15)12(17)18-6-4-14;1-5(2)6(8)9-4-3-7;3-1-2-4;/h11,13H,3,5-10H2,1-2,4H3,(H3,19,20,21,22,23,25);10-11H,4-9H2,1-3H3,(H3,16,17,18,19,20,21);10,14-15H,4-9H2,1-3H3;7H,1,3-4H2,2H3;3-4H,1-2H2;1H4. The first-order valence-corrected chi connectivity index (χ1v) is 28.5. The van der Waals surface area contributed by atoms with Crippen molar-refractivity contribution in [1.82, 2.24) is 30.6 Å². The van der Waals surface area contributed by atoms with Crippen LogP contribution in [0.4, 0.5) is 21.5 Å². The maximum atomic E-state index is 12.1. The van der Waals surface area contributed by atoms with Crippen molar-refractivity contribution in [2.45, 2.75) is 153 Å². The number of Topliss-reactive ketones (excluding diaryl/α,β-unsaturated/α-hetero) is 1. The number of amides is 4. The molecule has 25 heteroatoms. The lowest BCUT2D eigenvalue weighted by atomic mass is 9.82. The minimum atomic E-state index is -0.778. The summed E-state index contributed by atoms with van der Waals surface area (Å²) in [5.41, 5.74) is 0.748. The lowest BCUT2D eigenvalue weighted by Crippen LogP contribution is -2.36. The largest absolute Gasteiger partial charge is 0.463 e. The molecule has 4 atom stereocenters. The highest BCUT2D eigenvalue weighted by Crippen LogP contribution is 2.32. The van der Waals surface area contributed by atoms with Crippen LogP contribution in [0.1, 0.15) is 164 Å². The number of hydrogen-bond acceptors (Lipinski definition) is 19. The molecule has 0 aliphatic rings. The number of rotatable bonds is 32. The maximum Gasteiger partial charge on any atom is 0.333 e. The quantitative estimate of drug-likeness (QED) is 0.0113. The Balaban J connectivity index is -0.000000488. The van der Waals surface area contributed by atoms with Gasteiger partial charge in [-0.2, -0.15) is 24.4 Å². The van der Waals surface area contributed by atoms with Crippen LogP contribution >= 0.6 is 24.4 Å². The Labute approximate surface area is 483 Å². The normalized spacial score (nSPS) is 11.9. The molecule has 2 rings (SSSR count). The first-order valence-electron chi connectivity index (χ1n) is 26.7. The molecule has 80 heavy (non-hydrogen) atoms. The van der Waals surface area contributed by atoms with E-state index in [1.54, 1.807) is 27.7 Å². The van der Waals surface area contributed by atoms with Crippen molar-refractivity contribution in [3.05, 3.63) is 68.5 Å². The Bertz CT molecular complexity index is 2200. The van der Waals surface area contributed by atoms with Crippen molar-refractivity contribution in [3.8, 4) is 0 Å². The van der Waals surface area contributed by atoms with Crippen LogP contribution in [0, 0.1) is 11.3 Å². The summed E-state index contributed by atoms with van der Waals surface area (Å²) in [6, 6.07) is 2.11.